The molecule has 2 saturated heterocycles. The minimum Gasteiger partial charge on any atom is -0.506 e. The Labute approximate surface area is 222 Å². The van der Waals surface area contributed by atoms with Gasteiger partial charge in [0.15, 0.2) is 0 Å². The first-order chi connectivity index (χ1) is 18.0. The largest absolute Gasteiger partial charge is 0.506 e. The van der Waals surface area contributed by atoms with Crippen molar-refractivity contribution in [2.45, 2.75) is 77.0 Å². The molecule has 2 aromatic rings. The smallest absolute Gasteiger partial charge is 0.138 e. The minimum atomic E-state index is 0.111. The maximum atomic E-state index is 10.1. The molecule has 3 aliphatic rings. The third-order valence-electron chi connectivity index (χ3n) is 8.94. The Morgan fingerprint density at radius 3 is 2.41 bits per heavy atom. The number of hydrogen-bond acceptors (Lipinski definition) is 6. The molecule has 1 saturated carbocycles. The molecular weight excluding hydrogens is 460 g/mol. The first-order valence-electron chi connectivity index (χ1n) is 14.2. The van der Waals surface area contributed by atoms with Crippen LogP contribution in [-0.4, -0.2) is 69.4 Å². The highest BCUT2D eigenvalue weighted by Gasteiger charge is 2.41. The molecule has 2 aliphatic heterocycles. The van der Waals surface area contributed by atoms with Crippen molar-refractivity contribution in [1.82, 2.24) is 19.7 Å². The molecule has 200 valence electrons. The molecule has 0 unspecified atom stereocenters. The summed E-state index contributed by atoms with van der Waals surface area (Å²) in [7, 11) is 0. The number of amidine groups is 1. The number of hydrogen-bond donors (Lipinski definition) is 3. The van der Waals surface area contributed by atoms with E-state index in [1.165, 1.54) is 88.7 Å². The van der Waals surface area contributed by atoms with Crippen LogP contribution in [0.4, 0.5) is 0 Å². The lowest BCUT2D eigenvalue weighted by Crippen LogP contribution is -2.46. The van der Waals surface area contributed by atoms with Gasteiger partial charge >= 0.3 is 0 Å². The van der Waals surface area contributed by atoms with Gasteiger partial charge in [-0.15, -0.1) is 0 Å². The van der Waals surface area contributed by atoms with Crippen molar-refractivity contribution in [3.63, 3.8) is 0 Å². The molecule has 0 bridgehead atoms. The predicted molar refractivity (Wildman–Crippen MR) is 148 cm³/mol. The number of nitrogens with one attached hydrogen (secondary N) is 1. The SMILES string of the molecule is N=C(N)CN(Cc1ccc(CN2CCC3(CCN(C4CCCCC4)CC3)C2)cc1)Cc1ncccc1O. The van der Waals surface area contributed by atoms with E-state index in [2.05, 4.69) is 39.0 Å². The van der Waals surface area contributed by atoms with Gasteiger partial charge in [-0.05, 0) is 80.4 Å². The summed E-state index contributed by atoms with van der Waals surface area (Å²) in [6.07, 6.45) is 12.9. The van der Waals surface area contributed by atoms with E-state index in [0.29, 0.717) is 30.7 Å². The molecule has 1 aromatic carbocycles. The van der Waals surface area contributed by atoms with Gasteiger partial charge in [0.25, 0.3) is 0 Å². The molecule has 4 N–H and O–H groups in total. The van der Waals surface area contributed by atoms with E-state index in [0.717, 1.165) is 12.6 Å². The van der Waals surface area contributed by atoms with Crippen LogP contribution in [0.25, 0.3) is 0 Å². The van der Waals surface area contributed by atoms with Crippen LogP contribution in [0.5, 0.6) is 5.75 Å². The maximum Gasteiger partial charge on any atom is 0.138 e. The summed E-state index contributed by atoms with van der Waals surface area (Å²) in [5.41, 5.74) is 9.39. The highest BCUT2D eigenvalue weighted by molar-refractivity contribution is 5.78. The summed E-state index contributed by atoms with van der Waals surface area (Å²) in [6, 6.07) is 13.1. The molecule has 0 atom stereocenters. The van der Waals surface area contributed by atoms with Gasteiger partial charge in [0.05, 0.1) is 12.2 Å². The topological polar surface area (TPSA) is 92.7 Å². The summed E-state index contributed by atoms with van der Waals surface area (Å²) in [6.45, 7) is 7.53. The Balaban J connectivity index is 1.12. The molecule has 1 aromatic heterocycles. The summed E-state index contributed by atoms with van der Waals surface area (Å²) >= 11 is 0. The van der Waals surface area contributed by atoms with Crippen LogP contribution in [0.2, 0.25) is 0 Å². The number of nitrogens with two attached hydrogens (primary N) is 1. The van der Waals surface area contributed by atoms with Gasteiger partial charge in [0, 0.05) is 38.4 Å². The van der Waals surface area contributed by atoms with Crippen LogP contribution in [0, 0.1) is 10.8 Å². The van der Waals surface area contributed by atoms with Crippen molar-refractivity contribution in [2.24, 2.45) is 11.1 Å². The number of piperidine rings is 1. The number of nitrogens with zero attached hydrogens (tertiary/aromatic N) is 4. The zero-order chi connectivity index (χ0) is 25.7. The lowest BCUT2D eigenvalue weighted by atomic mass is 9.77. The molecule has 7 heteroatoms. The van der Waals surface area contributed by atoms with E-state index in [4.69, 9.17) is 11.1 Å². The molecule has 0 amide bonds. The van der Waals surface area contributed by atoms with Crippen LogP contribution < -0.4 is 5.73 Å². The van der Waals surface area contributed by atoms with Crippen molar-refractivity contribution in [2.75, 3.05) is 32.7 Å². The summed E-state index contributed by atoms with van der Waals surface area (Å²) in [5.74, 6) is 0.286. The number of aromatic hydroxyl groups is 1. The number of rotatable bonds is 9. The van der Waals surface area contributed by atoms with Gasteiger partial charge in [-0.1, -0.05) is 43.5 Å². The second-order valence-corrected chi connectivity index (χ2v) is 11.7. The Hall–Kier alpha value is -2.48. The molecule has 3 heterocycles. The second kappa shape index (κ2) is 11.9. The molecule has 7 nitrogen and oxygen atoms in total. The number of pyridine rings is 1. The normalized spacial score (nSPS) is 21.1. The first-order valence-corrected chi connectivity index (χ1v) is 14.2. The van der Waals surface area contributed by atoms with E-state index in [-0.39, 0.29) is 11.6 Å². The molecule has 5 rings (SSSR count). The fourth-order valence-electron chi connectivity index (χ4n) is 6.82. The van der Waals surface area contributed by atoms with Crippen molar-refractivity contribution < 1.29 is 5.11 Å². The molecule has 1 spiro atoms. The Kier molecular flexibility index (Phi) is 8.43. The summed E-state index contributed by atoms with van der Waals surface area (Å²) in [5, 5.41) is 17.9. The molecule has 37 heavy (non-hydrogen) atoms. The quantitative estimate of drug-likeness (QED) is 0.347. The molecule has 1 aliphatic carbocycles. The molecular formula is C30H44N6O. The van der Waals surface area contributed by atoms with Gasteiger partial charge < -0.3 is 15.7 Å². The zero-order valence-electron chi connectivity index (χ0n) is 22.2. The second-order valence-electron chi connectivity index (χ2n) is 11.7. The third kappa shape index (κ3) is 6.89. The fraction of sp³-hybridized carbons (Fsp3) is 0.600. The van der Waals surface area contributed by atoms with Crippen molar-refractivity contribution in [3.8, 4) is 5.75 Å². The van der Waals surface area contributed by atoms with Gasteiger partial charge in [0.1, 0.15) is 11.6 Å². The Morgan fingerprint density at radius 1 is 1.00 bits per heavy atom. The van der Waals surface area contributed by atoms with Gasteiger partial charge in [0.2, 0.25) is 0 Å². The van der Waals surface area contributed by atoms with E-state index in [1.54, 1.807) is 18.3 Å². The van der Waals surface area contributed by atoms with E-state index in [9.17, 15) is 5.11 Å². The predicted octanol–water partition coefficient (Wildman–Crippen LogP) is 4.35. The first kappa shape index (κ1) is 26.1. The lowest BCUT2D eigenvalue weighted by Gasteiger charge is -2.43. The Bertz CT molecular complexity index is 1030. The van der Waals surface area contributed by atoms with Crippen molar-refractivity contribution in [1.29, 1.82) is 5.41 Å². The zero-order valence-corrected chi connectivity index (χ0v) is 22.2. The Morgan fingerprint density at radius 2 is 1.70 bits per heavy atom. The standard InChI is InChI=1S/C30H44N6O/c31-29(32)22-35(21-27-28(37)7-4-15-33-27)20-25-10-8-24(9-11-25)19-34-16-12-30(23-34)13-17-36(18-14-30)26-5-2-1-3-6-26/h4,7-11,15,26,37H,1-3,5-6,12-14,16-23H2,(H3,31,32). The highest BCUT2D eigenvalue weighted by Crippen LogP contribution is 2.42. The van der Waals surface area contributed by atoms with Crippen LogP contribution in [0.1, 0.15) is 68.2 Å². The number of aromatic nitrogens is 1. The molecule has 0 radical (unpaired) electrons. The fourth-order valence-corrected chi connectivity index (χ4v) is 6.82. The van der Waals surface area contributed by atoms with Crippen LogP contribution in [0.3, 0.4) is 0 Å². The van der Waals surface area contributed by atoms with Gasteiger partial charge in [-0.25, -0.2) is 0 Å². The van der Waals surface area contributed by atoms with Crippen molar-refractivity contribution >= 4 is 5.84 Å². The lowest BCUT2D eigenvalue weighted by molar-refractivity contribution is 0.0615. The monoisotopic (exact) mass is 504 g/mol. The van der Waals surface area contributed by atoms with Crippen molar-refractivity contribution in [3.05, 3.63) is 59.4 Å². The summed E-state index contributed by atoms with van der Waals surface area (Å²) in [4.78, 5) is 11.8. The third-order valence-corrected chi connectivity index (χ3v) is 8.94. The molecule has 3 fully saturated rings. The summed E-state index contributed by atoms with van der Waals surface area (Å²) < 4.78 is 0. The number of likely N-dealkylation sites (tertiary alicyclic amines) is 2. The van der Waals surface area contributed by atoms with E-state index >= 15 is 0 Å². The van der Waals surface area contributed by atoms with Crippen LogP contribution in [0.15, 0.2) is 42.6 Å². The average molecular weight is 505 g/mol. The van der Waals surface area contributed by atoms with Crippen LogP contribution >= 0.6 is 0 Å². The average Bonchev–Trinajstić information content (AvgIpc) is 3.28. The number of benzene rings is 1. The highest BCUT2D eigenvalue weighted by atomic mass is 16.3. The van der Waals surface area contributed by atoms with Crippen LogP contribution in [-0.2, 0) is 19.6 Å². The van der Waals surface area contributed by atoms with Gasteiger partial charge in [-0.2, -0.15) is 0 Å². The van der Waals surface area contributed by atoms with E-state index in [1.807, 2.05) is 4.90 Å². The minimum absolute atomic E-state index is 0.111. The van der Waals surface area contributed by atoms with Gasteiger partial charge in [-0.3, -0.25) is 20.2 Å². The van der Waals surface area contributed by atoms with E-state index < -0.39 is 0 Å². The maximum absolute atomic E-state index is 10.1.